The quantitative estimate of drug-likeness (QED) is 0.912. The molecule has 0 bridgehead atoms. The highest BCUT2D eigenvalue weighted by Gasteiger charge is 2.03. The van der Waals surface area contributed by atoms with Crippen LogP contribution in [0.1, 0.15) is 11.3 Å². The van der Waals surface area contributed by atoms with Gasteiger partial charge in [0.1, 0.15) is 5.82 Å². The standard InChI is InChI=1S/C12H12BrN3/c1-8-6-10(13)7-15-12(8)16-11-4-3-5-14-9(11)2/h3-7H,1-2H3,(H,15,16). The fraction of sp³-hybridized carbons (Fsp3) is 0.167. The molecule has 1 N–H and O–H groups in total. The van der Waals surface area contributed by atoms with Crippen LogP contribution in [0.15, 0.2) is 35.1 Å². The van der Waals surface area contributed by atoms with E-state index in [9.17, 15) is 0 Å². The minimum absolute atomic E-state index is 0.860. The molecule has 2 aromatic heterocycles. The molecule has 0 spiro atoms. The highest BCUT2D eigenvalue weighted by Crippen LogP contribution is 2.22. The van der Waals surface area contributed by atoms with Gasteiger partial charge in [0.15, 0.2) is 0 Å². The Hall–Kier alpha value is -1.42. The fourth-order valence-electron chi connectivity index (χ4n) is 1.42. The minimum atomic E-state index is 0.860. The van der Waals surface area contributed by atoms with Crippen molar-refractivity contribution in [2.24, 2.45) is 0 Å². The molecule has 0 unspecified atom stereocenters. The second kappa shape index (κ2) is 4.61. The number of nitrogens with zero attached hydrogens (tertiary/aromatic N) is 2. The number of aromatic nitrogens is 2. The summed E-state index contributed by atoms with van der Waals surface area (Å²) in [6, 6.07) is 5.93. The summed E-state index contributed by atoms with van der Waals surface area (Å²) in [4.78, 5) is 8.55. The normalized spacial score (nSPS) is 10.2. The molecule has 0 saturated carbocycles. The second-order valence-corrected chi connectivity index (χ2v) is 4.50. The van der Waals surface area contributed by atoms with Gasteiger partial charge in [-0.05, 0) is 53.5 Å². The first-order chi connectivity index (χ1) is 7.66. The van der Waals surface area contributed by atoms with E-state index >= 15 is 0 Å². The van der Waals surface area contributed by atoms with Gasteiger partial charge in [0.2, 0.25) is 0 Å². The van der Waals surface area contributed by atoms with Crippen LogP contribution in [-0.4, -0.2) is 9.97 Å². The summed E-state index contributed by atoms with van der Waals surface area (Å²) in [6.07, 6.45) is 3.56. The van der Waals surface area contributed by atoms with E-state index in [0.29, 0.717) is 0 Å². The van der Waals surface area contributed by atoms with E-state index in [1.807, 2.05) is 32.0 Å². The van der Waals surface area contributed by atoms with E-state index < -0.39 is 0 Å². The summed E-state index contributed by atoms with van der Waals surface area (Å²) in [7, 11) is 0. The van der Waals surface area contributed by atoms with Crippen LogP contribution in [0.25, 0.3) is 0 Å². The average molecular weight is 278 g/mol. The maximum Gasteiger partial charge on any atom is 0.133 e. The molecule has 2 heterocycles. The molecular formula is C12H12BrN3. The Kier molecular flexibility index (Phi) is 3.19. The molecule has 0 fully saturated rings. The lowest BCUT2D eigenvalue weighted by Gasteiger charge is -2.10. The van der Waals surface area contributed by atoms with Gasteiger partial charge in [0.25, 0.3) is 0 Å². The largest absolute Gasteiger partial charge is 0.339 e. The van der Waals surface area contributed by atoms with Gasteiger partial charge in [-0.1, -0.05) is 0 Å². The van der Waals surface area contributed by atoms with Crippen molar-refractivity contribution in [2.45, 2.75) is 13.8 Å². The van der Waals surface area contributed by atoms with Crippen LogP contribution in [0.4, 0.5) is 11.5 Å². The van der Waals surface area contributed by atoms with Crippen LogP contribution in [0.3, 0.4) is 0 Å². The van der Waals surface area contributed by atoms with Crippen LogP contribution in [0.5, 0.6) is 0 Å². The predicted molar refractivity (Wildman–Crippen MR) is 68.9 cm³/mol. The molecule has 0 amide bonds. The van der Waals surface area contributed by atoms with Crippen molar-refractivity contribution < 1.29 is 0 Å². The first-order valence-corrected chi connectivity index (χ1v) is 5.77. The molecule has 0 aliphatic carbocycles. The molecule has 0 aliphatic rings. The Morgan fingerprint density at radius 2 is 2.06 bits per heavy atom. The van der Waals surface area contributed by atoms with Crippen molar-refractivity contribution in [1.82, 2.24) is 9.97 Å². The predicted octanol–water partition coefficient (Wildman–Crippen LogP) is 3.60. The van der Waals surface area contributed by atoms with E-state index in [-0.39, 0.29) is 0 Å². The Bertz CT molecular complexity index is 511. The fourth-order valence-corrected chi connectivity index (χ4v) is 1.86. The van der Waals surface area contributed by atoms with Crippen molar-refractivity contribution in [3.63, 3.8) is 0 Å². The monoisotopic (exact) mass is 277 g/mol. The lowest BCUT2D eigenvalue weighted by Crippen LogP contribution is -1.98. The lowest BCUT2D eigenvalue weighted by molar-refractivity contribution is 1.18. The Labute approximate surface area is 103 Å². The number of hydrogen-bond donors (Lipinski definition) is 1. The smallest absolute Gasteiger partial charge is 0.133 e. The number of halogens is 1. The number of nitrogens with one attached hydrogen (secondary N) is 1. The lowest BCUT2D eigenvalue weighted by atomic mass is 10.2. The zero-order chi connectivity index (χ0) is 11.5. The molecule has 0 radical (unpaired) electrons. The molecule has 0 aliphatic heterocycles. The maximum atomic E-state index is 4.33. The molecule has 2 rings (SSSR count). The van der Waals surface area contributed by atoms with Gasteiger partial charge in [-0.2, -0.15) is 0 Å². The van der Waals surface area contributed by atoms with Gasteiger partial charge in [0.05, 0.1) is 11.4 Å². The molecule has 2 aromatic rings. The summed E-state index contributed by atoms with van der Waals surface area (Å²) in [5.41, 5.74) is 3.05. The van der Waals surface area contributed by atoms with Gasteiger partial charge in [-0.25, -0.2) is 4.98 Å². The maximum absolute atomic E-state index is 4.33. The third kappa shape index (κ3) is 2.39. The number of aryl methyl sites for hydroxylation is 2. The number of pyridine rings is 2. The molecule has 82 valence electrons. The molecule has 0 atom stereocenters. The van der Waals surface area contributed by atoms with Crippen LogP contribution >= 0.6 is 15.9 Å². The highest BCUT2D eigenvalue weighted by molar-refractivity contribution is 9.10. The van der Waals surface area contributed by atoms with Gasteiger partial charge in [0, 0.05) is 16.9 Å². The molecular weight excluding hydrogens is 266 g/mol. The topological polar surface area (TPSA) is 37.8 Å². The first-order valence-electron chi connectivity index (χ1n) is 4.97. The van der Waals surface area contributed by atoms with E-state index in [0.717, 1.165) is 27.2 Å². The van der Waals surface area contributed by atoms with E-state index in [4.69, 9.17) is 0 Å². The van der Waals surface area contributed by atoms with Gasteiger partial charge < -0.3 is 5.32 Å². The van der Waals surface area contributed by atoms with Crippen LogP contribution < -0.4 is 5.32 Å². The summed E-state index contributed by atoms with van der Waals surface area (Å²) < 4.78 is 0.985. The van der Waals surface area contributed by atoms with Crippen molar-refractivity contribution >= 4 is 27.4 Å². The highest BCUT2D eigenvalue weighted by atomic mass is 79.9. The second-order valence-electron chi connectivity index (χ2n) is 3.58. The first kappa shape index (κ1) is 11.1. The van der Waals surface area contributed by atoms with Gasteiger partial charge in [-0.15, -0.1) is 0 Å². The summed E-state index contributed by atoms with van der Waals surface area (Å²) in [6.45, 7) is 3.99. The number of hydrogen-bond acceptors (Lipinski definition) is 3. The van der Waals surface area contributed by atoms with Crippen molar-refractivity contribution in [2.75, 3.05) is 5.32 Å². The van der Waals surface area contributed by atoms with Crippen LogP contribution in [0, 0.1) is 13.8 Å². The third-order valence-electron chi connectivity index (χ3n) is 2.30. The Morgan fingerprint density at radius 1 is 1.25 bits per heavy atom. The van der Waals surface area contributed by atoms with Crippen LogP contribution in [-0.2, 0) is 0 Å². The zero-order valence-electron chi connectivity index (χ0n) is 9.16. The molecule has 3 nitrogen and oxygen atoms in total. The van der Waals surface area contributed by atoms with Crippen molar-refractivity contribution in [3.05, 3.63) is 46.3 Å². The molecule has 0 aromatic carbocycles. The zero-order valence-corrected chi connectivity index (χ0v) is 10.7. The van der Waals surface area contributed by atoms with Gasteiger partial charge in [-0.3, -0.25) is 4.98 Å². The van der Waals surface area contributed by atoms with Gasteiger partial charge >= 0.3 is 0 Å². The molecule has 0 saturated heterocycles. The number of anilines is 2. The molecule has 4 heteroatoms. The summed E-state index contributed by atoms with van der Waals surface area (Å²) in [5, 5.41) is 3.27. The van der Waals surface area contributed by atoms with Crippen LogP contribution in [0.2, 0.25) is 0 Å². The van der Waals surface area contributed by atoms with E-state index in [1.165, 1.54) is 0 Å². The number of rotatable bonds is 2. The Morgan fingerprint density at radius 3 is 2.75 bits per heavy atom. The molecule has 16 heavy (non-hydrogen) atoms. The average Bonchev–Trinajstić information content (AvgIpc) is 2.25. The Balaban J connectivity index is 2.31. The third-order valence-corrected chi connectivity index (χ3v) is 2.74. The summed E-state index contributed by atoms with van der Waals surface area (Å²) in [5.74, 6) is 0.860. The van der Waals surface area contributed by atoms with Crippen molar-refractivity contribution in [1.29, 1.82) is 0 Å². The SMILES string of the molecule is Cc1cc(Br)cnc1Nc1cccnc1C. The van der Waals surface area contributed by atoms with E-state index in [1.54, 1.807) is 12.4 Å². The summed E-state index contributed by atoms with van der Waals surface area (Å²) >= 11 is 3.39. The minimum Gasteiger partial charge on any atom is -0.339 e. The van der Waals surface area contributed by atoms with E-state index in [2.05, 4.69) is 31.2 Å². The van der Waals surface area contributed by atoms with Crippen molar-refractivity contribution in [3.8, 4) is 0 Å².